The van der Waals surface area contributed by atoms with E-state index >= 15 is 0 Å². The lowest BCUT2D eigenvalue weighted by Gasteiger charge is -2.31. The van der Waals surface area contributed by atoms with Gasteiger partial charge in [0.15, 0.2) is 0 Å². The predicted octanol–water partition coefficient (Wildman–Crippen LogP) is 4.42. The van der Waals surface area contributed by atoms with Crippen LogP contribution in [0.25, 0.3) is 0 Å². The Hall–Kier alpha value is -2.62. The molecule has 2 aromatic carbocycles. The molecular formula is C22H24O4. The van der Waals surface area contributed by atoms with Crippen molar-refractivity contribution in [3.05, 3.63) is 68.8 Å². The van der Waals surface area contributed by atoms with Crippen LogP contribution < -0.4 is 0 Å². The molecule has 0 aromatic heterocycles. The smallest absolute Gasteiger partial charge is 0.353 e. The number of hydrogen-bond donors (Lipinski definition) is 0. The molecule has 26 heavy (non-hydrogen) atoms. The largest absolute Gasteiger partial charge is 0.442 e. The van der Waals surface area contributed by atoms with E-state index in [1.165, 1.54) is 0 Å². The highest BCUT2D eigenvalue weighted by atomic mass is 16.6. The molecule has 0 radical (unpaired) electrons. The number of ether oxygens (including phenoxy) is 2. The molecule has 0 spiro atoms. The van der Waals surface area contributed by atoms with E-state index in [0.717, 1.165) is 33.4 Å². The van der Waals surface area contributed by atoms with Gasteiger partial charge in [0.1, 0.15) is 0 Å². The van der Waals surface area contributed by atoms with E-state index in [1.54, 1.807) is 0 Å². The average Bonchev–Trinajstić information content (AvgIpc) is 2.49. The maximum Gasteiger partial charge on any atom is 0.353 e. The summed E-state index contributed by atoms with van der Waals surface area (Å²) in [5.74, 6) is -1.05. The second-order valence-electron chi connectivity index (χ2n) is 7.26. The molecule has 2 atom stereocenters. The highest BCUT2D eigenvalue weighted by molar-refractivity contribution is 5.90. The number of rotatable bonds is 2. The first-order chi connectivity index (χ1) is 12.2. The molecule has 4 nitrogen and oxygen atoms in total. The van der Waals surface area contributed by atoms with Crippen molar-refractivity contribution >= 4 is 11.9 Å². The Morgan fingerprint density at radius 3 is 1.12 bits per heavy atom. The van der Waals surface area contributed by atoms with Crippen molar-refractivity contribution in [1.29, 1.82) is 0 Å². The summed E-state index contributed by atoms with van der Waals surface area (Å²) in [4.78, 5) is 25.4. The van der Waals surface area contributed by atoms with Gasteiger partial charge in [-0.25, -0.2) is 9.59 Å². The Labute approximate surface area is 154 Å². The van der Waals surface area contributed by atoms with Crippen molar-refractivity contribution in [2.45, 2.75) is 53.8 Å². The second kappa shape index (κ2) is 6.60. The van der Waals surface area contributed by atoms with Gasteiger partial charge >= 0.3 is 11.9 Å². The zero-order valence-corrected chi connectivity index (χ0v) is 16.1. The summed E-state index contributed by atoms with van der Waals surface area (Å²) in [5.41, 5.74) is 7.29. The predicted molar refractivity (Wildman–Crippen MR) is 99.0 cm³/mol. The van der Waals surface area contributed by atoms with E-state index in [2.05, 4.69) is 0 Å². The fourth-order valence-electron chi connectivity index (χ4n) is 4.02. The zero-order chi connectivity index (χ0) is 19.2. The van der Waals surface area contributed by atoms with Gasteiger partial charge in [-0.15, -0.1) is 0 Å². The zero-order valence-electron chi connectivity index (χ0n) is 16.1. The number of esters is 2. The Morgan fingerprint density at radius 1 is 0.577 bits per heavy atom. The minimum Gasteiger partial charge on any atom is -0.442 e. The first kappa shape index (κ1) is 18.2. The molecule has 0 amide bonds. The highest BCUT2D eigenvalue weighted by Gasteiger charge is 2.42. The number of benzene rings is 2. The van der Waals surface area contributed by atoms with Crippen LogP contribution in [0.2, 0.25) is 0 Å². The number of aryl methyl sites for hydroxylation is 6. The summed E-state index contributed by atoms with van der Waals surface area (Å²) in [7, 11) is 0. The SMILES string of the molecule is Cc1cc(C)c(C2OC(=O)C(c3c(C)cc(C)cc3C)OC2=O)c(C)c1. The quantitative estimate of drug-likeness (QED) is 0.751. The van der Waals surface area contributed by atoms with Crippen molar-refractivity contribution in [3.8, 4) is 0 Å². The maximum absolute atomic E-state index is 12.7. The van der Waals surface area contributed by atoms with E-state index in [1.807, 2.05) is 65.8 Å². The minimum atomic E-state index is -1.01. The average molecular weight is 352 g/mol. The summed E-state index contributed by atoms with van der Waals surface area (Å²) in [6, 6.07) is 7.90. The standard InChI is InChI=1S/C22H24O4/c1-11-7-13(3)17(14(4)8-11)19-21(23)26-20(22(24)25-19)18-15(5)9-12(2)10-16(18)6/h7-10,19-20H,1-6H3. The number of cyclic esters (lactones) is 2. The fourth-order valence-corrected chi connectivity index (χ4v) is 4.02. The molecule has 0 bridgehead atoms. The first-order valence-corrected chi connectivity index (χ1v) is 8.75. The lowest BCUT2D eigenvalue weighted by Crippen LogP contribution is -2.36. The van der Waals surface area contributed by atoms with E-state index in [4.69, 9.17) is 9.47 Å². The first-order valence-electron chi connectivity index (χ1n) is 8.75. The normalized spacial score (nSPS) is 19.9. The molecule has 4 heteroatoms. The summed E-state index contributed by atoms with van der Waals surface area (Å²) in [5, 5.41) is 0. The van der Waals surface area contributed by atoms with Crippen molar-refractivity contribution in [2.24, 2.45) is 0 Å². The molecule has 0 aliphatic carbocycles. The van der Waals surface area contributed by atoms with Gasteiger partial charge in [-0.2, -0.15) is 0 Å². The molecule has 2 unspecified atom stereocenters. The van der Waals surface area contributed by atoms with Crippen LogP contribution in [0.3, 0.4) is 0 Å². The van der Waals surface area contributed by atoms with Gasteiger partial charge < -0.3 is 9.47 Å². The molecular weight excluding hydrogens is 328 g/mol. The fraction of sp³-hybridized carbons (Fsp3) is 0.364. The minimum absolute atomic E-state index is 0.524. The van der Waals surface area contributed by atoms with Crippen molar-refractivity contribution in [1.82, 2.24) is 0 Å². The molecule has 1 heterocycles. The lowest BCUT2D eigenvalue weighted by atomic mass is 9.93. The lowest BCUT2D eigenvalue weighted by molar-refractivity contribution is -0.196. The third kappa shape index (κ3) is 3.12. The van der Waals surface area contributed by atoms with Crippen LogP contribution in [-0.4, -0.2) is 11.9 Å². The van der Waals surface area contributed by atoms with Gasteiger partial charge in [0.2, 0.25) is 12.2 Å². The van der Waals surface area contributed by atoms with Crippen LogP contribution >= 0.6 is 0 Å². The molecule has 0 N–H and O–H groups in total. The van der Waals surface area contributed by atoms with Crippen LogP contribution in [0.4, 0.5) is 0 Å². The van der Waals surface area contributed by atoms with Crippen LogP contribution in [0.1, 0.15) is 56.7 Å². The van der Waals surface area contributed by atoms with E-state index in [-0.39, 0.29) is 0 Å². The maximum atomic E-state index is 12.7. The van der Waals surface area contributed by atoms with Gasteiger partial charge in [-0.3, -0.25) is 0 Å². The summed E-state index contributed by atoms with van der Waals surface area (Å²) >= 11 is 0. The molecule has 2 aromatic rings. The molecule has 1 aliphatic rings. The highest BCUT2D eigenvalue weighted by Crippen LogP contribution is 2.37. The van der Waals surface area contributed by atoms with E-state index < -0.39 is 24.1 Å². The van der Waals surface area contributed by atoms with Crippen LogP contribution in [0.5, 0.6) is 0 Å². The topological polar surface area (TPSA) is 52.6 Å². The Kier molecular flexibility index (Phi) is 4.61. The third-order valence-corrected chi connectivity index (χ3v) is 4.90. The Balaban J connectivity index is 1.97. The Bertz CT molecular complexity index is 789. The molecule has 1 aliphatic heterocycles. The van der Waals surface area contributed by atoms with Gasteiger partial charge in [0.05, 0.1) is 0 Å². The number of hydrogen-bond acceptors (Lipinski definition) is 4. The van der Waals surface area contributed by atoms with Crippen LogP contribution in [-0.2, 0) is 19.1 Å². The third-order valence-electron chi connectivity index (χ3n) is 4.90. The van der Waals surface area contributed by atoms with E-state index in [9.17, 15) is 9.59 Å². The van der Waals surface area contributed by atoms with E-state index in [0.29, 0.717) is 11.1 Å². The van der Waals surface area contributed by atoms with Gasteiger partial charge in [0.25, 0.3) is 0 Å². The van der Waals surface area contributed by atoms with Crippen molar-refractivity contribution in [2.75, 3.05) is 0 Å². The molecule has 136 valence electrons. The van der Waals surface area contributed by atoms with Gasteiger partial charge in [0, 0.05) is 11.1 Å². The summed E-state index contributed by atoms with van der Waals surface area (Å²) in [6.45, 7) is 11.6. The van der Waals surface area contributed by atoms with Crippen molar-refractivity contribution in [3.63, 3.8) is 0 Å². The Morgan fingerprint density at radius 2 is 0.846 bits per heavy atom. The number of carbonyl (C=O) groups excluding carboxylic acids is 2. The number of carbonyl (C=O) groups is 2. The summed E-state index contributed by atoms with van der Waals surface area (Å²) in [6.07, 6.45) is -2.02. The molecule has 0 saturated carbocycles. The summed E-state index contributed by atoms with van der Waals surface area (Å²) < 4.78 is 11.2. The van der Waals surface area contributed by atoms with Crippen LogP contribution in [0.15, 0.2) is 24.3 Å². The molecule has 1 saturated heterocycles. The molecule has 3 rings (SSSR count). The second-order valence-corrected chi connectivity index (χ2v) is 7.26. The van der Waals surface area contributed by atoms with Gasteiger partial charge in [-0.05, 0) is 63.8 Å². The van der Waals surface area contributed by atoms with Crippen molar-refractivity contribution < 1.29 is 19.1 Å². The van der Waals surface area contributed by atoms with Gasteiger partial charge in [-0.1, -0.05) is 35.4 Å². The molecule has 1 fully saturated rings. The van der Waals surface area contributed by atoms with Crippen LogP contribution in [0, 0.1) is 41.5 Å². The monoisotopic (exact) mass is 352 g/mol.